The van der Waals surface area contributed by atoms with Gasteiger partial charge in [0, 0.05) is 38.2 Å². The van der Waals surface area contributed by atoms with E-state index in [1.54, 1.807) is 0 Å². The average molecular weight is 666 g/mol. The Morgan fingerprint density at radius 2 is 0.942 bits per heavy atom. The Hall–Kier alpha value is -7.11. The first-order valence-electron chi connectivity index (χ1n) is 17.4. The average Bonchev–Trinajstić information content (AvgIpc) is 3.78. The van der Waals surface area contributed by atoms with Gasteiger partial charge in [-0.3, -0.25) is 0 Å². The number of aromatic nitrogens is 3. The molecule has 0 spiro atoms. The van der Waals surface area contributed by atoms with Crippen LogP contribution in [0.25, 0.3) is 111 Å². The second-order valence-corrected chi connectivity index (χ2v) is 13.1. The summed E-state index contributed by atoms with van der Waals surface area (Å²) in [4.78, 5) is 15.9. The minimum atomic E-state index is 0.568. The van der Waals surface area contributed by atoms with Gasteiger partial charge in [0.25, 0.3) is 0 Å². The van der Waals surface area contributed by atoms with Crippen molar-refractivity contribution in [2.45, 2.75) is 0 Å². The Bertz CT molecular complexity index is 3190. The van der Waals surface area contributed by atoms with E-state index in [4.69, 9.17) is 23.8 Å². The standard InChI is InChI=1S/C47H27N3O2/c1-2-12-28(13-3-1)45-48-46(38-26-29-14-4-5-15-31(29)33-16-6-7-17-34(33)38)50-47(49-45)44-32(24-25-41-43(44)37-19-9-11-21-40(37)51-41)30-22-23-36-35-18-8-10-20-39(35)52-42(36)27-30/h1-27H. The Morgan fingerprint density at radius 3 is 1.79 bits per heavy atom. The normalized spacial score (nSPS) is 11.8. The molecule has 52 heavy (non-hydrogen) atoms. The SMILES string of the molecule is c1ccc(-c2nc(-c3cc4ccccc4c4ccccc34)nc(-c3c(-c4ccc5c(c4)oc4ccccc45)ccc4oc5ccccc5c34)n2)cc1. The van der Waals surface area contributed by atoms with Crippen LogP contribution in [0.5, 0.6) is 0 Å². The summed E-state index contributed by atoms with van der Waals surface area (Å²) in [5.74, 6) is 1.77. The van der Waals surface area contributed by atoms with E-state index in [1.165, 1.54) is 5.39 Å². The Morgan fingerprint density at radius 1 is 0.327 bits per heavy atom. The maximum absolute atomic E-state index is 6.46. The number of benzene rings is 8. The fourth-order valence-electron chi connectivity index (χ4n) is 7.75. The molecule has 0 saturated carbocycles. The number of hydrogen-bond acceptors (Lipinski definition) is 5. The van der Waals surface area contributed by atoms with E-state index in [1.807, 2.05) is 72.8 Å². The molecule has 242 valence electrons. The molecule has 3 heterocycles. The first kappa shape index (κ1) is 28.7. The molecule has 0 atom stereocenters. The van der Waals surface area contributed by atoms with E-state index in [0.717, 1.165) is 87.9 Å². The smallest absolute Gasteiger partial charge is 0.165 e. The molecule has 5 nitrogen and oxygen atoms in total. The lowest BCUT2D eigenvalue weighted by Gasteiger charge is -2.15. The Balaban J connectivity index is 1.25. The van der Waals surface area contributed by atoms with Crippen molar-refractivity contribution in [2.24, 2.45) is 0 Å². The number of nitrogens with zero attached hydrogens (tertiary/aromatic N) is 3. The maximum atomic E-state index is 6.46. The molecular formula is C47H27N3O2. The Labute approximate surface area is 297 Å². The zero-order valence-electron chi connectivity index (χ0n) is 27.7. The first-order valence-corrected chi connectivity index (χ1v) is 17.4. The van der Waals surface area contributed by atoms with Gasteiger partial charge in [0.1, 0.15) is 22.3 Å². The predicted molar refractivity (Wildman–Crippen MR) is 211 cm³/mol. The summed E-state index contributed by atoms with van der Waals surface area (Å²) < 4.78 is 12.8. The van der Waals surface area contributed by atoms with E-state index >= 15 is 0 Å². The number of para-hydroxylation sites is 2. The summed E-state index contributed by atoms with van der Waals surface area (Å²) >= 11 is 0. The van der Waals surface area contributed by atoms with Gasteiger partial charge in [-0.2, -0.15) is 0 Å². The third kappa shape index (κ3) is 4.39. The lowest BCUT2D eigenvalue weighted by molar-refractivity contribution is 0.669. The summed E-state index contributed by atoms with van der Waals surface area (Å²) in [6, 6.07) is 56.2. The number of fused-ring (bicyclic) bond motifs is 9. The van der Waals surface area contributed by atoms with Crippen molar-refractivity contribution in [2.75, 3.05) is 0 Å². The van der Waals surface area contributed by atoms with Gasteiger partial charge in [-0.1, -0.05) is 121 Å². The topological polar surface area (TPSA) is 65.0 Å². The van der Waals surface area contributed by atoms with Crippen LogP contribution in [0.1, 0.15) is 0 Å². The second kappa shape index (κ2) is 11.2. The molecule has 0 unspecified atom stereocenters. The van der Waals surface area contributed by atoms with Crippen molar-refractivity contribution in [3.63, 3.8) is 0 Å². The highest BCUT2D eigenvalue weighted by Crippen LogP contribution is 2.44. The quantitative estimate of drug-likeness (QED) is 0.175. The molecule has 0 amide bonds. The van der Waals surface area contributed by atoms with E-state index in [-0.39, 0.29) is 0 Å². The molecule has 11 rings (SSSR count). The molecule has 11 aromatic rings. The molecule has 0 aliphatic carbocycles. The van der Waals surface area contributed by atoms with Crippen LogP contribution in [-0.4, -0.2) is 15.0 Å². The lowest BCUT2D eigenvalue weighted by atomic mass is 9.93. The molecule has 8 aromatic carbocycles. The van der Waals surface area contributed by atoms with Crippen LogP contribution in [0.15, 0.2) is 173 Å². The molecule has 0 aliphatic rings. The number of furan rings is 2. The van der Waals surface area contributed by atoms with E-state index in [0.29, 0.717) is 17.5 Å². The van der Waals surface area contributed by atoms with Crippen LogP contribution in [0.4, 0.5) is 0 Å². The van der Waals surface area contributed by atoms with Gasteiger partial charge in [0.05, 0.1) is 0 Å². The third-order valence-electron chi connectivity index (χ3n) is 10.1. The summed E-state index contributed by atoms with van der Waals surface area (Å²) in [5, 5.41) is 8.68. The van der Waals surface area contributed by atoms with Crippen LogP contribution >= 0.6 is 0 Å². The Kier molecular flexibility index (Phi) is 6.18. The largest absolute Gasteiger partial charge is 0.456 e. The zero-order valence-corrected chi connectivity index (χ0v) is 27.7. The monoisotopic (exact) mass is 665 g/mol. The fraction of sp³-hybridized carbons (Fsp3) is 0. The summed E-state index contributed by atoms with van der Waals surface area (Å²) in [7, 11) is 0. The molecule has 0 N–H and O–H groups in total. The van der Waals surface area contributed by atoms with Crippen molar-refractivity contribution < 1.29 is 8.83 Å². The highest BCUT2D eigenvalue weighted by atomic mass is 16.3. The van der Waals surface area contributed by atoms with Crippen LogP contribution in [0, 0.1) is 0 Å². The van der Waals surface area contributed by atoms with Gasteiger partial charge in [0.2, 0.25) is 0 Å². The van der Waals surface area contributed by atoms with Gasteiger partial charge < -0.3 is 8.83 Å². The minimum absolute atomic E-state index is 0.568. The zero-order chi connectivity index (χ0) is 34.2. The van der Waals surface area contributed by atoms with Gasteiger partial charge in [-0.15, -0.1) is 0 Å². The van der Waals surface area contributed by atoms with Gasteiger partial charge in [0.15, 0.2) is 17.5 Å². The molecule has 0 radical (unpaired) electrons. The number of rotatable bonds is 4. The van der Waals surface area contributed by atoms with Crippen LogP contribution in [-0.2, 0) is 0 Å². The maximum Gasteiger partial charge on any atom is 0.165 e. The van der Waals surface area contributed by atoms with Gasteiger partial charge in [-0.25, -0.2) is 15.0 Å². The molecule has 0 aliphatic heterocycles. The van der Waals surface area contributed by atoms with E-state index in [2.05, 4.69) is 91.0 Å². The van der Waals surface area contributed by atoms with Crippen molar-refractivity contribution in [3.8, 4) is 45.3 Å². The molecule has 0 bridgehead atoms. The number of hydrogen-bond donors (Lipinski definition) is 0. The summed E-state index contributed by atoms with van der Waals surface area (Å²) in [5.41, 5.74) is 7.97. The van der Waals surface area contributed by atoms with Crippen molar-refractivity contribution in [1.82, 2.24) is 15.0 Å². The minimum Gasteiger partial charge on any atom is -0.456 e. The lowest BCUT2D eigenvalue weighted by Crippen LogP contribution is -2.02. The van der Waals surface area contributed by atoms with Crippen LogP contribution in [0.3, 0.4) is 0 Å². The van der Waals surface area contributed by atoms with Crippen LogP contribution in [0.2, 0.25) is 0 Å². The van der Waals surface area contributed by atoms with E-state index in [9.17, 15) is 0 Å². The fourth-order valence-corrected chi connectivity index (χ4v) is 7.75. The van der Waals surface area contributed by atoms with Crippen LogP contribution < -0.4 is 0 Å². The highest BCUT2D eigenvalue weighted by Gasteiger charge is 2.23. The molecule has 5 heteroatoms. The summed E-state index contributed by atoms with van der Waals surface area (Å²) in [6.07, 6.45) is 0. The predicted octanol–water partition coefficient (Wildman–Crippen LogP) is 12.6. The molecule has 0 saturated heterocycles. The van der Waals surface area contributed by atoms with E-state index < -0.39 is 0 Å². The third-order valence-corrected chi connectivity index (χ3v) is 10.1. The molecule has 3 aromatic heterocycles. The van der Waals surface area contributed by atoms with Crippen molar-refractivity contribution in [3.05, 3.63) is 164 Å². The molecular weight excluding hydrogens is 639 g/mol. The van der Waals surface area contributed by atoms with Crippen molar-refractivity contribution >= 4 is 65.4 Å². The van der Waals surface area contributed by atoms with Gasteiger partial charge in [-0.05, 0) is 75.1 Å². The van der Waals surface area contributed by atoms with Crippen molar-refractivity contribution in [1.29, 1.82) is 0 Å². The second-order valence-electron chi connectivity index (χ2n) is 13.1. The first-order chi connectivity index (χ1) is 25.8. The summed E-state index contributed by atoms with van der Waals surface area (Å²) in [6.45, 7) is 0. The molecule has 0 fully saturated rings. The highest BCUT2D eigenvalue weighted by molar-refractivity contribution is 6.16. The van der Waals surface area contributed by atoms with Gasteiger partial charge >= 0.3 is 0 Å².